The van der Waals surface area contributed by atoms with E-state index in [4.69, 9.17) is 0 Å². The Bertz CT molecular complexity index is 273. The predicted molar refractivity (Wildman–Crippen MR) is 42.1 cm³/mol. The van der Waals surface area contributed by atoms with Gasteiger partial charge in [-0.3, -0.25) is 4.79 Å². The highest BCUT2D eigenvalue weighted by molar-refractivity contribution is 5.80. The Morgan fingerprint density at radius 1 is 1.54 bits per heavy atom. The molecule has 1 nitrogen and oxygen atoms in total. The summed E-state index contributed by atoms with van der Waals surface area (Å²) >= 11 is 0. The van der Waals surface area contributed by atoms with Gasteiger partial charge in [0.05, 0.1) is 0 Å². The molecule has 1 atom stereocenters. The molecule has 0 saturated carbocycles. The van der Waals surface area contributed by atoms with Gasteiger partial charge in [0.2, 0.25) is 0 Å². The summed E-state index contributed by atoms with van der Waals surface area (Å²) in [6.45, 7) is 1.30. The van der Waals surface area contributed by atoms with Crippen molar-refractivity contribution >= 4 is 5.78 Å². The molecule has 1 unspecified atom stereocenters. The van der Waals surface area contributed by atoms with Crippen LogP contribution in [0.2, 0.25) is 0 Å². The summed E-state index contributed by atoms with van der Waals surface area (Å²) in [7, 11) is 0. The fraction of sp³-hybridized carbons (Fsp3) is 0.444. The monoisotopic (exact) mass is 190 g/mol. The number of hydrogen-bond acceptors (Lipinski definition) is 1. The Morgan fingerprint density at radius 2 is 2.15 bits per heavy atom. The summed E-state index contributed by atoms with van der Waals surface area (Å²) in [4.78, 5) is 10.8. The fourth-order valence-electron chi connectivity index (χ4n) is 1.17. The van der Waals surface area contributed by atoms with Gasteiger partial charge in [0.15, 0.2) is 0 Å². The molecule has 1 aliphatic rings. The van der Waals surface area contributed by atoms with Gasteiger partial charge in [-0.1, -0.05) is 18.2 Å². The van der Waals surface area contributed by atoms with Gasteiger partial charge in [-0.05, 0) is 13.3 Å². The SMILES string of the molecule is CC(=O)C1C=CC=C(C(F)(F)F)C1. The Labute approximate surface area is 73.9 Å². The molecular weight excluding hydrogens is 181 g/mol. The van der Waals surface area contributed by atoms with Crippen LogP contribution < -0.4 is 0 Å². The van der Waals surface area contributed by atoms with Crippen LogP contribution >= 0.6 is 0 Å². The van der Waals surface area contributed by atoms with E-state index in [1.807, 2.05) is 0 Å². The number of rotatable bonds is 1. The Hall–Kier alpha value is -1.06. The average Bonchev–Trinajstić information content (AvgIpc) is 2.03. The third kappa shape index (κ3) is 2.44. The smallest absolute Gasteiger partial charge is 0.299 e. The summed E-state index contributed by atoms with van der Waals surface area (Å²) in [6.07, 6.45) is -0.733. The molecule has 0 amide bonds. The normalized spacial score (nSPS) is 22.8. The molecule has 1 aliphatic carbocycles. The first-order valence-electron chi connectivity index (χ1n) is 3.86. The highest BCUT2D eigenvalue weighted by atomic mass is 19.4. The van der Waals surface area contributed by atoms with E-state index in [2.05, 4.69) is 0 Å². The molecule has 0 radical (unpaired) electrons. The maximum absolute atomic E-state index is 12.2. The maximum Gasteiger partial charge on any atom is 0.412 e. The van der Waals surface area contributed by atoms with E-state index in [9.17, 15) is 18.0 Å². The molecule has 0 bridgehead atoms. The molecule has 72 valence electrons. The van der Waals surface area contributed by atoms with Crippen LogP contribution in [0.25, 0.3) is 0 Å². The van der Waals surface area contributed by atoms with Crippen molar-refractivity contribution < 1.29 is 18.0 Å². The number of Topliss-reactive ketones (excluding diaryl/α,β-unsaturated/α-hetero) is 1. The first kappa shape index (κ1) is 10.0. The zero-order valence-electron chi connectivity index (χ0n) is 7.06. The van der Waals surface area contributed by atoms with Gasteiger partial charge in [-0.2, -0.15) is 13.2 Å². The molecule has 0 spiro atoms. The molecule has 13 heavy (non-hydrogen) atoms. The van der Waals surface area contributed by atoms with Gasteiger partial charge < -0.3 is 0 Å². The third-order valence-electron chi connectivity index (χ3n) is 1.97. The van der Waals surface area contributed by atoms with Crippen LogP contribution in [-0.2, 0) is 4.79 Å². The lowest BCUT2D eigenvalue weighted by molar-refractivity contribution is -0.120. The molecule has 0 aliphatic heterocycles. The first-order chi connectivity index (χ1) is 5.91. The quantitative estimate of drug-likeness (QED) is 0.621. The zero-order chi connectivity index (χ0) is 10.1. The Balaban J connectivity index is 2.78. The molecule has 0 aromatic heterocycles. The minimum Gasteiger partial charge on any atom is -0.299 e. The van der Waals surface area contributed by atoms with Gasteiger partial charge in [-0.15, -0.1) is 0 Å². The van der Waals surface area contributed by atoms with Crippen LogP contribution in [0.4, 0.5) is 13.2 Å². The molecule has 4 heteroatoms. The molecule has 0 heterocycles. The predicted octanol–water partition coefficient (Wildman–Crippen LogP) is 2.64. The van der Waals surface area contributed by atoms with Crippen molar-refractivity contribution in [2.75, 3.05) is 0 Å². The van der Waals surface area contributed by atoms with Crippen molar-refractivity contribution in [1.29, 1.82) is 0 Å². The summed E-state index contributed by atoms with van der Waals surface area (Å²) in [5, 5.41) is 0. The third-order valence-corrected chi connectivity index (χ3v) is 1.97. The van der Waals surface area contributed by atoms with Crippen LogP contribution in [0, 0.1) is 5.92 Å². The number of allylic oxidation sites excluding steroid dienone is 4. The van der Waals surface area contributed by atoms with E-state index in [1.165, 1.54) is 19.1 Å². The second-order valence-corrected chi connectivity index (χ2v) is 3.00. The largest absolute Gasteiger partial charge is 0.412 e. The minimum absolute atomic E-state index is 0.227. The summed E-state index contributed by atoms with van der Waals surface area (Å²) in [5.41, 5.74) is -0.629. The minimum atomic E-state index is -4.31. The number of alkyl halides is 3. The topological polar surface area (TPSA) is 17.1 Å². The van der Waals surface area contributed by atoms with Crippen LogP contribution in [0.1, 0.15) is 13.3 Å². The fourth-order valence-corrected chi connectivity index (χ4v) is 1.17. The lowest BCUT2D eigenvalue weighted by atomic mass is 9.91. The van der Waals surface area contributed by atoms with Gasteiger partial charge in [0.1, 0.15) is 5.78 Å². The molecule has 1 rings (SSSR count). The standard InChI is InChI=1S/C9H9F3O/c1-6(13)7-3-2-4-8(5-7)9(10,11)12/h2-4,7H,5H2,1H3. The summed E-state index contributed by atoms with van der Waals surface area (Å²) in [5.74, 6) is -0.840. The Morgan fingerprint density at radius 3 is 2.62 bits per heavy atom. The lowest BCUT2D eigenvalue weighted by Gasteiger charge is -2.17. The van der Waals surface area contributed by atoms with Gasteiger partial charge in [-0.25, -0.2) is 0 Å². The lowest BCUT2D eigenvalue weighted by Crippen LogP contribution is -2.19. The van der Waals surface area contributed by atoms with Crippen molar-refractivity contribution in [3.8, 4) is 0 Å². The van der Waals surface area contributed by atoms with Crippen molar-refractivity contribution in [3.05, 3.63) is 23.8 Å². The van der Waals surface area contributed by atoms with E-state index in [1.54, 1.807) is 0 Å². The van der Waals surface area contributed by atoms with Crippen LogP contribution in [0.15, 0.2) is 23.8 Å². The van der Waals surface area contributed by atoms with E-state index >= 15 is 0 Å². The van der Waals surface area contributed by atoms with Crippen molar-refractivity contribution in [1.82, 2.24) is 0 Å². The van der Waals surface area contributed by atoms with Crippen molar-refractivity contribution in [2.45, 2.75) is 19.5 Å². The highest BCUT2D eigenvalue weighted by Gasteiger charge is 2.35. The zero-order valence-corrected chi connectivity index (χ0v) is 7.06. The van der Waals surface area contributed by atoms with Crippen molar-refractivity contribution in [2.24, 2.45) is 5.92 Å². The van der Waals surface area contributed by atoms with Crippen molar-refractivity contribution in [3.63, 3.8) is 0 Å². The van der Waals surface area contributed by atoms with Gasteiger partial charge in [0.25, 0.3) is 0 Å². The van der Waals surface area contributed by atoms with Crippen LogP contribution in [-0.4, -0.2) is 12.0 Å². The number of hydrogen-bond donors (Lipinski definition) is 0. The summed E-state index contributed by atoms with van der Waals surface area (Å²) < 4.78 is 36.5. The molecule has 0 fully saturated rings. The molecular formula is C9H9F3O. The van der Waals surface area contributed by atoms with E-state index in [-0.39, 0.29) is 12.2 Å². The number of carbonyl (C=O) groups excluding carboxylic acids is 1. The number of carbonyl (C=O) groups is 1. The molecule has 0 aromatic carbocycles. The second kappa shape index (κ2) is 3.36. The molecule has 0 aromatic rings. The Kier molecular flexibility index (Phi) is 2.59. The number of halogens is 3. The molecule has 0 saturated heterocycles. The van der Waals surface area contributed by atoms with E-state index in [0.29, 0.717) is 0 Å². The van der Waals surface area contributed by atoms with E-state index in [0.717, 1.165) is 6.08 Å². The van der Waals surface area contributed by atoms with Gasteiger partial charge >= 0.3 is 6.18 Å². The van der Waals surface area contributed by atoms with Crippen LogP contribution in [0.3, 0.4) is 0 Å². The molecule has 0 N–H and O–H groups in total. The maximum atomic E-state index is 12.2. The second-order valence-electron chi connectivity index (χ2n) is 3.00. The van der Waals surface area contributed by atoms with E-state index < -0.39 is 17.7 Å². The van der Waals surface area contributed by atoms with Gasteiger partial charge in [0, 0.05) is 11.5 Å². The highest BCUT2D eigenvalue weighted by Crippen LogP contribution is 2.33. The first-order valence-corrected chi connectivity index (χ1v) is 3.86. The number of ketones is 1. The van der Waals surface area contributed by atoms with Crippen LogP contribution in [0.5, 0.6) is 0 Å². The summed E-state index contributed by atoms with van der Waals surface area (Å²) in [6, 6.07) is 0. The average molecular weight is 190 g/mol.